The van der Waals surface area contributed by atoms with Gasteiger partial charge < -0.3 is 9.73 Å². The topological polar surface area (TPSA) is 32.7 Å². The number of benzene rings is 5. The number of hydrogen-bond acceptors (Lipinski definition) is 3. The van der Waals surface area contributed by atoms with Crippen molar-refractivity contribution in [2.24, 2.45) is 0 Å². The molecular weight excluding hydrogens is 521 g/mol. The summed E-state index contributed by atoms with van der Waals surface area (Å²) >= 11 is 0. The number of fused-ring (bicyclic) bond motifs is 2. The van der Waals surface area contributed by atoms with Crippen molar-refractivity contribution in [1.29, 1.82) is 0 Å². The lowest BCUT2D eigenvalue weighted by Crippen LogP contribution is -2.26. The van der Waals surface area contributed by atoms with Crippen molar-refractivity contribution in [3.05, 3.63) is 161 Å². The summed E-state index contributed by atoms with van der Waals surface area (Å²) in [6.45, 7) is 4.02. The maximum absolute atomic E-state index is 10.3. The summed E-state index contributed by atoms with van der Waals surface area (Å²) in [6, 6.07) is 41.2. The highest BCUT2D eigenvalue weighted by Gasteiger charge is 2.20. The van der Waals surface area contributed by atoms with E-state index < -0.39 is 0 Å². The lowest BCUT2D eigenvalue weighted by atomic mass is 9.90. The molecular formula is C37H36NO2P. The Bertz CT molecular complexity index is 1600. The van der Waals surface area contributed by atoms with Crippen molar-refractivity contribution < 1.29 is 9.73 Å². The summed E-state index contributed by atoms with van der Waals surface area (Å²) < 4.78 is 5.62. The minimum absolute atomic E-state index is 0.0265. The standard InChI is InChI=1S/C21H17OP.C16H19NO/c23-22-20-14-13-16-9-2-5-11-18(16)21(20)19-12-6-3-8-15-7-1-4-10-17(15)19;1-13(15-9-5-3-6-10-15)17(18)14(2)16-11-7-4-8-12-16/h1-5,7-14H,6,23H2;3-14,18H,1-2H3/t;13-,14?/m.1/s1. The van der Waals surface area contributed by atoms with Crippen LogP contribution in [0.4, 0.5) is 0 Å². The molecule has 0 amide bonds. The van der Waals surface area contributed by atoms with E-state index in [4.69, 9.17) is 4.52 Å². The summed E-state index contributed by atoms with van der Waals surface area (Å²) in [5, 5.41) is 14.2. The van der Waals surface area contributed by atoms with Gasteiger partial charge in [-0.05, 0) is 64.9 Å². The monoisotopic (exact) mass is 557 g/mol. The molecule has 3 nitrogen and oxygen atoms in total. The Morgan fingerprint density at radius 2 is 1.29 bits per heavy atom. The normalized spacial score (nSPS) is 13.8. The average Bonchev–Trinajstić information content (AvgIpc) is 3.26. The second-order valence-corrected chi connectivity index (χ2v) is 10.4. The van der Waals surface area contributed by atoms with Crippen LogP contribution in [0.2, 0.25) is 0 Å². The summed E-state index contributed by atoms with van der Waals surface area (Å²) in [5.74, 6) is 0.886. The molecule has 0 radical (unpaired) electrons. The van der Waals surface area contributed by atoms with Crippen LogP contribution >= 0.6 is 9.47 Å². The van der Waals surface area contributed by atoms with Crippen LogP contribution in [-0.4, -0.2) is 10.3 Å². The first-order valence-electron chi connectivity index (χ1n) is 14.0. The van der Waals surface area contributed by atoms with Crippen LogP contribution in [0.5, 0.6) is 5.75 Å². The molecule has 0 aromatic heterocycles. The van der Waals surface area contributed by atoms with Crippen molar-refractivity contribution in [3.63, 3.8) is 0 Å². The van der Waals surface area contributed by atoms with Crippen molar-refractivity contribution in [1.82, 2.24) is 5.06 Å². The number of hydroxylamine groups is 2. The largest absolute Gasteiger partial charge is 0.480 e. The van der Waals surface area contributed by atoms with Crippen LogP contribution in [0.3, 0.4) is 0 Å². The molecule has 0 saturated carbocycles. The lowest BCUT2D eigenvalue weighted by molar-refractivity contribution is -0.155. The molecule has 5 aromatic carbocycles. The van der Waals surface area contributed by atoms with Crippen molar-refractivity contribution in [2.75, 3.05) is 0 Å². The van der Waals surface area contributed by atoms with Crippen LogP contribution < -0.4 is 4.52 Å². The van der Waals surface area contributed by atoms with E-state index in [-0.39, 0.29) is 12.1 Å². The fraction of sp³-hybridized carbons (Fsp3) is 0.135. The molecule has 0 fully saturated rings. The minimum atomic E-state index is -0.0265. The Hall–Kier alpha value is -4.01. The maximum atomic E-state index is 10.3. The van der Waals surface area contributed by atoms with E-state index in [0.717, 1.165) is 28.9 Å². The fourth-order valence-corrected chi connectivity index (χ4v) is 5.54. The highest BCUT2D eigenvalue weighted by Crippen LogP contribution is 2.40. The predicted octanol–water partition coefficient (Wildman–Crippen LogP) is 10.1. The summed E-state index contributed by atoms with van der Waals surface area (Å²) in [5.41, 5.74) is 7.12. The molecule has 0 saturated heterocycles. The first kappa shape index (κ1) is 28.5. The number of hydrogen-bond donors (Lipinski definition) is 1. The summed E-state index contributed by atoms with van der Waals surface area (Å²) in [6.07, 6.45) is 7.62. The van der Waals surface area contributed by atoms with Gasteiger partial charge in [0.2, 0.25) is 0 Å². The Labute approximate surface area is 245 Å². The first-order valence-corrected chi connectivity index (χ1v) is 14.5. The van der Waals surface area contributed by atoms with Crippen LogP contribution in [0, 0.1) is 0 Å². The van der Waals surface area contributed by atoms with Gasteiger partial charge in [0.15, 0.2) is 0 Å². The van der Waals surface area contributed by atoms with Crippen LogP contribution in [0.15, 0.2) is 133 Å². The molecule has 3 atom stereocenters. The highest BCUT2D eigenvalue weighted by atomic mass is 31.0. The van der Waals surface area contributed by atoms with Gasteiger partial charge in [-0.15, -0.1) is 0 Å². The molecule has 206 valence electrons. The van der Waals surface area contributed by atoms with Crippen LogP contribution in [0.25, 0.3) is 22.4 Å². The third-order valence-corrected chi connectivity index (χ3v) is 7.91. The molecule has 0 bridgehead atoms. The number of rotatable bonds is 6. The zero-order valence-corrected chi connectivity index (χ0v) is 24.7. The SMILES string of the molecule is CC(c1ccccc1)N(O)[C@H](C)c1ccccc1.POc1ccc2ccccc2c1C1=CCC=Cc2ccccc21. The van der Waals surface area contributed by atoms with Gasteiger partial charge in [0, 0.05) is 5.56 Å². The molecule has 1 aliphatic rings. The third kappa shape index (κ3) is 6.50. The second kappa shape index (κ2) is 13.6. The van der Waals surface area contributed by atoms with Gasteiger partial charge in [0.05, 0.1) is 21.6 Å². The molecule has 0 spiro atoms. The molecule has 41 heavy (non-hydrogen) atoms. The van der Waals surface area contributed by atoms with Gasteiger partial charge in [0.25, 0.3) is 0 Å². The molecule has 2 unspecified atom stereocenters. The Morgan fingerprint density at radius 1 is 0.707 bits per heavy atom. The van der Waals surface area contributed by atoms with E-state index in [1.807, 2.05) is 80.6 Å². The van der Waals surface area contributed by atoms with E-state index in [9.17, 15) is 5.21 Å². The first-order chi connectivity index (χ1) is 20.1. The maximum Gasteiger partial charge on any atom is 0.130 e. The molecule has 1 N–H and O–H groups in total. The van der Waals surface area contributed by atoms with Crippen LogP contribution in [-0.2, 0) is 0 Å². The molecule has 6 rings (SSSR count). The molecule has 5 aromatic rings. The Morgan fingerprint density at radius 3 is 1.95 bits per heavy atom. The number of allylic oxidation sites excluding steroid dienone is 2. The van der Waals surface area contributed by atoms with E-state index in [2.05, 4.69) is 82.3 Å². The zero-order chi connectivity index (χ0) is 28.6. The van der Waals surface area contributed by atoms with E-state index >= 15 is 0 Å². The average molecular weight is 558 g/mol. The summed E-state index contributed by atoms with van der Waals surface area (Å²) in [7, 11) is 2.38. The third-order valence-electron chi connectivity index (χ3n) is 7.65. The van der Waals surface area contributed by atoms with Crippen molar-refractivity contribution >= 4 is 31.9 Å². The lowest BCUT2D eigenvalue weighted by Gasteiger charge is -2.29. The summed E-state index contributed by atoms with van der Waals surface area (Å²) in [4.78, 5) is 0. The predicted molar refractivity (Wildman–Crippen MR) is 175 cm³/mol. The van der Waals surface area contributed by atoms with Gasteiger partial charge in [0.1, 0.15) is 5.75 Å². The number of nitrogens with zero attached hydrogens (tertiary/aromatic N) is 1. The van der Waals surface area contributed by atoms with Gasteiger partial charge in [-0.1, -0.05) is 133 Å². The Kier molecular flexibility index (Phi) is 9.44. The zero-order valence-electron chi connectivity index (χ0n) is 23.5. The molecule has 0 aliphatic heterocycles. The highest BCUT2D eigenvalue weighted by molar-refractivity contribution is 7.10. The van der Waals surface area contributed by atoms with Crippen LogP contribution in [0.1, 0.15) is 60.2 Å². The smallest absolute Gasteiger partial charge is 0.130 e. The van der Waals surface area contributed by atoms with Crippen molar-refractivity contribution in [2.45, 2.75) is 32.4 Å². The van der Waals surface area contributed by atoms with Crippen molar-refractivity contribution in [3.8, 4) is 5.75 Å². The quantitative estimate of drug-likeness (QED) is 0.167. The van der Waals surface area contributed by atoms with Gasteiger partial charge >= 0.3 is 0 Å². The minimum Gasteiger partial charge on any atom is -0.480 e. The van der Waals surface area contributed by atoms with E-state index in [1.54, 1.807) is 0 Å². The van der Waals surface area contributed by atoms with E-state index in [0.29, 0.717) is 0 Å². The molecule has 1 aliphatic carbocycles. The molecule has 4 heteroatoms. The van der Waals surface area contributed by atoms with Gasteiger partial charge in [-0.3, -0.25) is 0 Å². The fourth-order valence-electron chi connectivity index (χ4n) is 5.35. The van der Waals surface area contributed by atoms with Gasteiger partial charge in [-0.25, -0.2) is 0 Å². The van der Waals surface area contributed by atoms with Gasteiger partial charge in [-0.2, -0.15) is 5.06 Å². The van der Waals surface area contributed by atoms with E-state index in [1.165, 1.54) is 32.5 Å². The Balaban J connectivity index is 0.000000170. The second-order valence-electron chi connectivity index (χ2n) is 10.2. The molecule has 0 heterocycles.